The van der Waals surface area contributed by atoms with E-state index in [9.17, 15) is 4.79 Å². The van der Waals surface area contributed by atoms with Crippen LogP contribution in [0, 0.1) is 24.2 Å². The summed E-state index contributed by atoms with van der Waals surface area (Å²) in [7, 11) is 0. The molecule has 1 aromatic carbocycles. The maximum absolute atomic E-state index is 11.8. The van der Waals surface area contributed by atoms with E-state index in [4.69, 9.17) is 5.26 Å². The van der Waals surface area contributed by atoms with Crippen LogP contribution in [-0.4, -0.2) is 37.2 Å². The number of carbonyl (C=O) groups excluding carboxylic acids is 1. The smallest absolute Gasteiger partial charge is 0.319 e. The zero-order valence-corrected chi connectivity index (χ0v) is 13.9. The topological polar surface area (TPSA) is 68.2 Å². The van der Waals surface area contributed by atoms with Gasteiger partial charge in [0.25, 0.3) is 0 Å². The van der Waals surface area contributed by atoms with Crippen molar-refractivity contribution in [1.82, 2.24) is 5.32 Å². The molecule has 1 aromatic rings. The Hall–Kier alpha value is -1.87. The van der Waals surface area contributed by atoms with Gasteiger partial charge in [0.05, 0.1) is 12.0 Å². The Morgan fingerprint density at radius 2 is 2.18 bits per heavy atom. The maximum Gasteiger partial charge on any atom is 0.319 e. The first kappa shape index (κ1) is 16.5. The van der Waals surface area contributed by atoms with Crippen molar-refractivity contribution in [2.24, 2.45) is 5.92 Å². The van der Waals surface area contributed by atoms with E-state index in [0.29, 0.717) is 6.54 Å². The summed E-state index contributed by atoms with van der Waals surface area (Å²) >= 11 is 1.99. The van der Waals surface area contributed by atoms with Crippen LogP contribution < -0.4 is 15.5 Å². The molecule has 0 bridgehead atoms. The quantitative estimate of drug-likeness (QED) is 0.896. The average Bonchev–Trinajstić information content (AvgIpc) is 2.55. The molecule has 0 aromatic heterocycles. The molecule has 0 spiro atoms. The van der Waals surface area contributed by atoms with Gasteiger partial charge in [-0.25, -0.2) is 4.79 Å². The van der Waals surface area contributed by atoms with Gasteiger partial charge in [0, 0.05) is 42.5 Å². The molecule has 118 valence electrons. The molecule has 0 radical (unpaired) electrons. The van der Waals surface area contributed by atoms with Crippen LogP contribution in [0.1, 0.15) is 12.5 Å². The number of carbonyl (C=O) groups is 1. The van der Waals surface area contributed by atoms with Crippen molar-refractivity contribution in [3.63, 3.8) is 0 Å². The lowest BCUT2D eigenvalue weighted by molar-refractivity contribution is 0.251. The minimum Gasteiger partial charge on any atom is -0.370 e. The minimum absolute atomic E-state index is 0.189. The maximum atomic E-state index is 11.8. The summed E-state index contributed by atoms with van der Waals surface area (Å²) < 4.78 is 0. The van der Waals surface area contributed by atoms with Gasteiger partial charge in [0.1, 0.15) is 0 Å². The number of rotatable bonds is 4. The number of thioether (sulfide) groups is 1. The predicted octanol–water partition coefficient (Wildman–Crippen LogP) is 2.83. The fourth-order valence-corrected chi connectivity index (χ4v) is 3.17. The Morgan fingerprint density at radius 1 is 1.45 bits per heavy atom. The Bertz CT molecular complexity index is 564. The second-order valence-electron chi connectivity index (χ2n) is 5.46. The molecule has 1 heterocycles. The number of hydrogen-bond acceptors (Lipinski definition) is 4. The predicted molar refractivity (Wildman–Crippen MR) is 92.5 cm³/mol. The lowest BCUT2D eigenvalue weighted by atomic mass is 10.1. The molecule has 1 aliphatic heterocycles. The van der Waals surface area contributed by atoms with E-state index in [1.807, 2.05) is 24.8 Å². The van der Waals surface area contributed by atoms with Crippen molar-refractivity contribution in [1.29, 1.82) is 5.26 Å². The van der Waals surface area contributed by atoms with Crippen molar-refractivity contribution in [3.8, 4) is 6.07 Å². The SMILES string of the molecule is Cc1cc(N2CCSCC2)ccc1NC(=O)NC[C@@H](C)C#N. The molecule has 0 aliphatic carbocycles. The summed E-state index contributed by atoms with van der Waals surface area (Å²) in [6, 6.07) is 7.93. The van der Waals surface area contributed by atoms with Gasteiger partial charge in [-0.05, 0) is 37.6 Å². The number of benzene rings is 1. The van der Waals surface area contributed by atoms with Crippen molar-refractivity contribution >= 4 is 29.2 Å². The molecule has 2 amide bonds. The minimum atomic E-state index is -0.271. The molecule has 5 nitrogen and oxygen atoms in total. The van der Waals surface area contributed by atoms with Gasteiger partial charge in [-0.1, -0.05) is 0 Å². The van der Waals surface area contributed by atoms with Crippen LogP contribution in [0.3, 0.4) is 0 Å². The van der Waals surface area contributed by atoms with Gasteiger partial charge in [-0.2, -0.15) is 17.0 Å². The second-order valence-corrected chi connectivity index (χ2v) is 6.69. The van der Waals surface area contributed by atoms with E-state index < -0.39 is 0 Å². The highest BCUT2D eigenvalue weighted by atomic mass is 32.2. The van der Waals surface area contributed by atoms with E-state index in [1.54, 1.807) is 6.92 Å². The molecule has 1 aliphatic rings. The second kappa shape index (κ2) is 7.95. The highest BCUT2D eigenvalue weighted by molar-refractivity contribution is 7.99. The number of nitrogens with one attached hydrogen (secondary N) is 2. The van der Waals surface area contributed by atoms with E-state index in [1.165, 1.54) is 17.2 Å². The molecule has 6 heteroatoms. The molecule has 1 saturated heterocycles. The number of aryl methyl sites for hydroxylation is 1. The Labute approximate surface area is 136 Å². The first-order chi connectivity index (χ1) is 10.6. The Morgan fingerprint density at radius 3 is 2.82 bits per heavy atom. The lowest BCUT2D eigenvalue weighted by Gasteiger charge is -2.29. The van der Waals surface area contributed by atoms with E-state index in [0.717, 1.165) is 24.3 Å². The highest BCUT2D eigenvalue weighted by Gasteiger charge is 2.13. The van der Waals surface area contributed by atoms with Crippen LogP contribution in [0.25, 0.3) is 0 Å². The Balaban J connectivity index is 1.94. The number of amides is 2. The summed E-state index contributed by atoms with van der Waals surface area (Å²) in [5.74, 6) is 2.14. The summed E-state index contributed by atoms with van der Waals surface area (Å²) in [6.07, 6.45) is 0. The third-order valence-electron chi connectivity index (χ3n) is 3.62. The molecular weight excluding hydrogens is 296 g/mol. The third kappa shape index (κ3) is 4.57. The third-order valence-corrected chi connectivity index (χ3v) is 4.57. The van der Waals surface area contributed by atoms with Gasteiger partial charge in [-0.3, -0.25) is 0 Å². The number of urea groups is 1. The van der Waals surface area contributed by atoms with Crippen molar-refractivity contribution < 1.29 is 4.79 Å². The number of anilines is 2. The average molecular weight is 318 g/mol. The van der Waals surface area contributed by atoms with Crippen LogP contribution in [0.4, 0.5) is 16.2 Å². The first-order valence-corrected chi connectivity index (χ1v) is 8.63. The molecule has 0 saturated carbocycles. The standard InChI is InChI=1S/C16H22N4OS/c1-12(10-17)11-18-16(21)19-15-4-3-14(9-13(15)2)20-5-7-22-8-6-20/h3-4,9,12H,5-8,11H2,1-2H3,(H2,18,19,21)/t12-/m0/s1. The van der Waals surface area contributed by atoms with Crippen LogP contribution in [0.2, 0.25) is 0 Å². The Kier molecular flexibility index (Phi) is 5.96. The molecule has 22 heavy (non-hydrogen) atoms. The highest BCUT2D eigenvalue weighted by Crippen LogP contribution is 2.24. The zero-order chi connectivity index (χ0) is 15.9. The monoisotopic (exact) mass is 318 g/mol. The summed E-state index contributed by atoms with van der Waals surface area (Å²) in [5, 5.41) is 14.2. The van der Waals surface area contributed by atoms with Gasteiger partial charge in [0.2, 0.25) is 0 Å². The number of hydrogen-bond donors (Lipinski definition) is 2. The van der Waals surface area contributed by atoms with E-state index in [-0.39, 0.29) is 11.9 Å². The van der Waals surface area contributed by atoms with Crippen molar-refractivity contribution in [2.45, 2.75) is 13.8 Å². The summed E-state index contributed by atoms with van der Waals surface area (Å²) in [4.78, 5) is 14.2. The normalized spacial score (nSPS) is 15.8. The molecule has 1 fully saturated rings. The van der Waals surface area contributed by atoms with E-state index >= 15 is 0 Å². The fourth-order valence-electron chi connectivity index (χ4n) is 2.26. The zero-order valence-electron chi connectivity index (χ0n) is 13.1. The molecule has 2 rings (SSSR count). The number of nitrogens with zero attached hydrogens (tertiary/aromatic N) is 2. The van der Waals surface area contributed by atoms with Crippen LogP contribution in [0.5, 0.6) is 0 Å². The summed E-state index contributed by atoms with van der Waals surface area (Å²) in [6.45, 7) is 6.27. The summed E-state index contributed by atoms with van der Waals surface area (Å²) in [5.41, 5.74) is 3.05. The lowest BCUT2D eigenvalue weighted by Crippen LogP contribution is -2.33. The van der Waals surface area contributed by atoms with Gasteiger partial charge in [-0.15, -0.1) is 0 Å². The first-order valence-electron chi connectivity index (χ1n) is 7.48. The largest absolute Gasteiger partial charge is 0.370 e. The van der Waals surface area contributed by atoms with Crippen molar-refractivity contribution in [2.75, 3.05) is 41.4 Å². The molecular formula is C16H22N4OS. The molecule has 1 atom stereocenters. The van der Waals surface area contributed by atoms with Crippen LogP contribution in [0.15, 0.2) is 18.2 Å². The molecule has 0 unspecified atom stereocenters. The molecule has 2 N–H and O–H groups in total. The van der Waals surface area contributed by atoms with Gasteiger partial charge >= 0.3 is 6.03 Å². The van der Waals surface area contributed by atoms with Crippen LogP contribution in [-0.2, 0) is 0 Å². The number of nitriles is 1. The van der Waals surface area contributed by atoms with Crippen LogP contribution >= 0.6 is 11.8 Å². The van der Waals surface area contributed by atoms with Crippen molar-refractivity contribution in [3.05, 3.63) is 23.8 Å². The fraction of sp³-hybridized carbons (Fsp3) is 0.500. The van der Waals surface area contributed by atoms with Gasteiger partial charge in [0.15, 0.2) is 0 Å². The van der Waals surface area contributed by atoms with E-state index in [2.05, 4.69) is 33.7 Å². The van der Waals surface area contributed by atoms with Gasteiger partial charge < -0.3 is 15.5 Å².